The Hall–Kier alpha value is -0.0800. The lowest BCUT2D eigenvalue weighted by Gasteiger charge is -2.14. The molecule has 0 radical (unpaired) electrons. The fraction of sp³-hybridized carbons (Fsp3) is 1.00. The van der Waals surface area contributed by atoms with Crippen LogP contribution in [0.25, 0.3) is 0 Å². The molecule has 0 aromatic heterocycles. The van der Waals surface area contributed by atoms with Crippen molar-refractivity contribution in [2.24, 2.45) is 17.4 Å². The highest BCUT2D eigenvalue weighted by Crippen LogP contribution is 2.21. The summed E-state index contributed by atoms with van der Waals surface area (Å²) < 4.78 is 0. The fourth-order valence-electron chi connectivity index (χ4n) is 2.58. The summed E-state index contributed by atoms with van der Waals surface area (Å²) in [4.78, 5) is 0. The molecule has 1 unspecified atom stereocenters. The van der Waals surface area contributed by atoms with Crippen molar-refractivity contribution in [2.45, 2.75) is 97.1 Å². The van der Waals surface area contributed by atoms with E-state index in [0.29, 0.717) is 0 Å². The van der Waals surface area contributed by atoms with E-state index in [1.54, 1.807) is 0 Å². The molecule has 1 atom stereocenters. The van der Waals surface area contributed by atoms with Crippen LogP contribution in [0.5, 0.6) is 0 Å². The standard InChI is InChI=1S/C16H36N2/c1-3-5-6-7-9-12-15(4-2)13-10-8-11-14-16(17)18/h15-16H,3-14,17-18H2,1-2H3. The lowest BCUT2D eigenvalue weighted by atomic mass is 9.92. The van der Waals surface area contributed by atoms with Crippen molar-refractivity contribution in [1.82, 2.24) is 0 Å². The van der Waals surface area contributed by atoms with Gasteiger partial charge in [-0.05, 0) is 12.3 Å². The molecule has 0 bridgehead atoms. The van der Waals surface area contributed by atoms with Crippen LogP contribution in [-0.4, -0.2) is 6.17 Å². The Morgan fingerprint density at radius 2 is 1.17 bits per heavy atom. The summed E-state index contributed by atoms with van der Waals surface area (Å²) >= 11 is 0. The Bertz CT molecular complexity index is 157. The van der Waals surface area contributed by atoms with E-state index >= 15 is 0 Å². The Labute approximate surface area is 115 Å². The third-order valence-electron chi connectivity index (χ3n) is 3.94. The quantitative estimate of drug-likeness (QED) is 0.375. The summed E-state index contributed by atoms with van der Waals surface area (Å²) in [5, 5.41) is 0. The SMILES string of the molecule is CCCCCCCC(CC)CCCCCC(N)N. The number of rotatable bonds is 13. The zero-order valence-corrected chi connectivity index (χ0v) is 12.8. The van der Waals surface area contributed by atoms with E-state index in [-0.39, 0.29) is 6.17 Å². The summed E-state index contributed by atoms with van der Waals surface area (Å²) in [5.41, 5.74) is 11.1. The molecule has 18 heavy (non-hydrogen) atoms. The van der Waals surface area contributed by atoms with Crippen molar-refractivity contribution < 1.29 is 0 Å². The molecule has 0 aliphatic rings. The smallest absolute Gasteiger partial charge is 0.0520 e. The van der Waals surface area contributed by atoms with Crippen molar-refractivity contribution >= 4 is 0 Å². The first-order valence-corrected chi connectivity index (χ1v) is 8.21. The van der Waals surface area contributed by atoms with E-state index < -0.39 is 0 Å². The molecule has 2 heteroatoms. The molecule has 0 heterocycles. The number of unbranched alkanes of at least 4 members (excludes halogenated alkanes) is 6. The largest absolute Gasteiger partial charge is 0.316 e. The van der Waals surface area contributed by atoms with Crippen LogP contribution in [0.2, 0.25) is 0 Å². The highest BCUT2D eigenvalue weighted by Gasteiger charge is 2.06. The van der Waals surface area contributed by atoms with Crippen molar-refractivity contribution in [3.8, 4) is 0 Å². The minimum absolute atomic E-state index is 0.106. The third kappa shape index (κ3) is 12.4. The monoisotopic (exact) mass is 256 g/mol. The van der Waals surface area contributed by atoms with E-state index in [4.69, 9.17) is 11.5 Å². The molecule has 0 rings (SSSR count). The molecule has 0 fully saturated rings. The zero-order chi connectivity index (χ0) is 13.6. The van der Waals surface area contributed by atoms with Crippen LogP contribution in [0.4, 0.5) is 0 Å². The summed E-state index contributed by atoms with van der Waals surface area (Å²) in [6, 6.07) is 0. The van der Waals surface area contributed by atoms with E-state index in [1.807, 2.05) is 0 Å². The van der Waals surface area contributed by atoms with Crippen molar-refractivity contribution in [2.75, 3.05) is 0 Å². The minimum Gasteiger partial charge on any atom is -0.316 e. The second-order valence-corrected chi connectivity index (χ2v) is 5.78. The Morgan fingerprint density at radius 3 is 1.67 bits per heavy atom. The maximum Gasteiger partial charge on any atom is 0.0520 e. The molecule has 2 nitrogen and oxygen atoms in total. The first-order valence-electron chi connectivity index (χ1n) is 8.21. The van der Waals surface area contributed by atoms with Gasteiger partial charge in [0.1, 0.15) is 0 Å². The molecule has 0 saturated heterocycles. The molecule has 0 saturated carbocycles. The number of nitrogens with two attached hydrogens (primary N) is 2. The van der Waals surface area contributed by atoms with Gasteiger partial charge in [0.05, 0.1) is 6.17 Å². The predicted molar refractivity (Wildman–Crippen MR) is 82.4 cm³/mol. The topological polar surface area (TPSA) is 52.0 Å². The van der Waals surface area contributed by atoms with Crippen LogP contribution in [0.15, 0.2) is 0 Å². The molecular weight excluding hydrogens is 220 g/mol. The number of hydrogen-bond donors (Lipinski definition) is 2. The van der Waals surface area contributed by atoms with Crippen LogP contribution >= 0.6 is 0 Å². The second-order valence-electron chi connectivity index (χ2n) is 5.78. The number of hydrogen-bond acceptors (Lipinski definition) is 2. The molecule has 0 aromatic carbocycles. The molecule has 0 spiro atoms. The van der Waals surface area contributed by atoms with Crippen LogP contribution in [0, 0.1) is 5.92 Å². The van der Waals surface area contributed by atoms with E-state index in [2.05, 4.69) is 13.8 Å². The second kappa shape index (κ2) is 13.4. The van der Waals surface area contributed by atoms with Gasteiger partial charge in [-0.3, -0.25) is 0 Å². The van der Waals surface area contributed by atoms with Gasteiger partial charge in [0.2, 0.25) is 0 Å². The maximum atomic E-state index is 5.54. The van der Waals surface area contributed by atoms with E-state index in [0.717, 1.165) is 12.3 Å². The first kappa shape index (κ1) is 17.9. The van der Waals surface area contributed by atoms with Crippen LogP contribution in [-0.2, 0) is 0 Å². The molecule has 0 amide bonds. The lowest BCUT2D eigenvalue weighted by Crippen LogP contribution is -2.29. The molecule has 0 aliphatic heterocycles. The van der Waals surface area contributed by atoms with Gasteiger partial charge in [0.25, 0.3) is 0 Å². The van der Waals surface area contributed by atoms with Crippen molar-refractivity contribution in [3.05, 3.63) is 0 Å². The maximum absolute atomic E-state index is 5.54. The predicted octanol–water partition coefficient (Wildman–Crippen LogP) is 4.57. The van der Waals surface area contributed by atoms with Gasteiger partial charge >= 0.3 is 0 Å². The van der Waals surface area contributed by atoms with Crippen LogP contribution in [0.3, 0.4) is 0 Å². The molecule has 4 N–H and O–H groups in total. The zero-order valence-electron chi connectivity index (χ0n) is 12.8. The van der Waals surface area contributed by atoms with Crippen LogP contribution < -0.4 is 11.5 Å². The van der Waals surface area contributed by atoms with Gasteiger partial charge in [-0.1, -0.05) is 84.5 Å². The normalized spacial score (nSPS) is 13.2. The average Bonchev–Trinajstić information content (AvgIpc) is 2.35. The molecule has 110 valence electrons. The lowest BCUT2D eigenvalue weighted by molar-refractivity contribution is 0.392. The highest BCUT2D eigenvalue weighted by molar-refractivity contribution is 4.59. The fourth-order valence-corrected chi connectivity index (χ4v) is 2.58. The Balaban J connectivity index is 3.35. The van der Waals surface area contributed by atoms with Gasteiger partial charge in [0.15, 0.2) is 0 Å². The third-order valence-corrected chi connectivity index (χ3v) is 3.94. The summed E-state index contributed by atoms with van der Waals surface area (Å²) in [5.74, 6) is 0.957. The molecule has 0 aliphatic carbocycles. The van der Waals surface area contributed by atoms with Crippen molar-refractivity contribution in [1.29, 1.82) is 0 Å². The van der Waals surface area contributed by atoms with Gasteiger partial charge < -0.3 is 11.5 Å². The molecular formula is C16H36N2. The first-order chi connectivity index (χ1) is 8.70. The van der Waals surface area contributed by atoms with E-state index in [9.17, 15) is 0 Å². The van der Waals surface area contributed by atoms with E-state index in [1.165, 1.54) is 70.6 Å². The highest BCUT2D eigenvalue weighted by atomic mass is 14.8. The van der Waals surface area contributed by atoms with Gasteiger partial charge in [-0.15, -0.1) is 0 Å². The summed E-state index contributed by atoms with van der Waals surface area (Å²) in [6.45, 7) is 4.62. The van der Waals surface area contributed by atoms with Gasteiger partial charge in [0, 0.05) is 0 Å². The van der Waals surface area contributed by atoms with Crippen molar-refractivity contribution in [3.63, 3.8) is 0 Å². The van der Waals surface area contributed by atoms with Gasteiger partial charge in [-0.25, -0.2) is 0 Å². The Kier molecular flexibility index (Phi) is 13.3. The average molecular weight is 256 g/mol. The Morgan fingerprint density at radius 1 is 0.667 bits per heavy atom. The minimum atomic E-state index is -0.106. The molecule has 0 aromatic rings. The summed E-state index contributed by atoms with van der Waals surface area (Å²) in [7, 11) is 0. The van der Waals surface area contributed by atoms with Crippen LogP contribution in [0.1, 0.15) is 90.9 Å². The van der Waals surface area contributed by atoms with Gasteiger partial charge in [-0.2, -0.15) is 0 Å². The summed E-state index contributed by atoms with van der Waals surface area (Å²) in [6.07, 6.45) is 16.0.